The maximum atomic E-state index is 11.9. The zero-order valence-corrected chi connectivity index (χ0v) is 14.9. The molecule has 0 bridgehead atoms. The Morgan fingerprint density at radius 2 is 1.23 bits per heavy atom. The summed E-state index contributed by atoms with van der Waals surface area (Å²) in [7, 11) is 5.48. The van der Waals surface area contributed by atoms with Crippen LogP contribution in [0, 0.1) is 13.8 Å². The maximum absolute atomic E-state index is 11.9. The van der Waals surface area contributed by atoms with Gasteiger partial charge in [-0.05, 0) is 79.8 Å². The Hall–Kier alpha value is -3.01. The second-order valence-electron chi connectivity index (χ2n) is 6.05. The molecule has 0 atom stereocenters. The van der Waals surface area contributed by atoms with Crippen LogP contribution in [0.15, 0.2) is 66.7 Å². The van der Waals surface area contributed by atoms with E-state index in [4.69, 9.17) is 17.3 Å². The van der Waals surface area contributed by atoms with Crippen LogP contribution >= 0.6 is 0 Å². The molecule has 4 heteroatoms. The molecule has 3 rings (SSSR count). The van der Waals surface area contributed by atoms with Crippen LogP contribution in [-0.4, -0.2) is 13.6 Å². The lowest BCUT2D eigenvalue weighted by Gasteiger charge is -2.13. The van der Waals surface area contributed by atoms with E-state index in [1.54, 1.807) is 0 Å². The van der Waals surface area contributed by atoms with E-state index in [9.17, 15) is 4.79 Å². The molecule has 3 nitrogen and oxygen atoms in total. The van der Waals surface area contributed by atoms with E-state index in [1.807, 2.05) is 80.6 Å². The third-order valence-electron chi connectivity index (χ3n) is 4.01. The molecule has 2 radical (unpaired) electrons. The molecule has 26 heavy (non-hydrogen) atoms. The number of para-hydroxylation sites is 1. The highest BCUT2D eigenvalue weighted by Gasteiger charge is 2.12. The van der Waals surface area contributed by atoms with Gasteiger partial charge in [-0.3, -0.25) is 4.79 Å². The molecule has 128 valence electrons. The largest absolute Gasteiger partial charge is 0.457 e. The Morgan fingerprint density at radius 3 is 1.73 bits per heavy atom. The highest BCUT2D eigenvalue weighted by atomic mass is 16.5. The molecule has 0 aromatic heterocycles. The predicted octanol–water partition coefficient (Wildman–Crippen LogP) is 5.66. The molecule has 3 aromatic carbocycles. The summed E-state index contributed by atoms with van der Waals surface area (Å²) in [4.78, 5) is 11.9. The van der Waals surface area contributed by atoms with Crippen molar-refractivity contribution < 1.29 is 14.3 Å². The zero-order valence-electron chi connectivity index (χ0n) is 14.9. The number of benzene rings is 3. The van der Waals surface area contributed by atoms with Gasteiger partial charge in [0.2, 0.25) is 0 Å². The molecule has 0 saturated heterocycles. The average molecular weight is 342 g/mol. The van der Waals surface area contributed by atoms with Crippen LogP contribution in [0.2, 0.25) is 6.32 Å². The average Bonchev–Trinajstić information content (AvgIpc) is 2.63. The number of carbonyl (C=O) groups excluding carboxylic acids is 1. The molecule has 0 N–H and O–H groups in total. The molecule has 0 aliphatic rings. The van der Waals surface area contributed by atoms with Gasteiger partial charge in [0.15, 0.2) is 5.78 Å². The fraction of sp³-hybridized carbons (Fsp3) is 0.136. The molecule has 0 spiro atoms. The van der Waals surface area contributed by atoms with Crippen LogP contribution in [0.3, 0.4) is 0 Å². The van der Waals surface area contributed by atoms with Crippen molar-refractivity contribution in [3.05, 3.63) is 83.4 Å². The third kappa shape index (κ3) is 4.15. The van der Waals surface area contributed by atoms with Crippen LogP contribution in [0.5, 0.6) is 23.0 Å². The van der Waals surface area contributed by atoms with Crippen LogP contribution in [0.25, 0.3) is 0 Å². The normalized spacial score (nSPS) is 10.4. The molecule has 3 aromatic rings. The van der Waals surface area contributed by atoms with Crippen LogP contribution in [0.4, 0.5) is 0 Å². The number of hydrogen-bond donors (Lipinski definition) is 0. The Balaban J connectivity index is 1.74. The summed E-state index contributed by atoms with van der Waals surface area (Å²) in [5.41, 5.74) is 2.39. The number of ether oxygens (including phenoxy) is 2. The van der Waals surface area contributed by atoms with E-state index in [-0.39, 0.29) is 12.1 Å². The van der Waals surface area contributed by atoms with Crippen LogP contribution in [0.1, 0.15) is 21.5 Å². The Labute approximate surface area is 155 Å². The van der Waals surface area contributed by atoms with Crippen LogP contribution in [-0.2, 0) is 0 Å². The summed E-state index contributed by atoms with van der Waals surface area (Å²) >= 11 is 0. The lowest BCUT2D eigenvalue weighted by atomic mass is 9.90. The van der Waals surface area contributed by atoms with Crippen molar-refractivity contribution in [1.29, 1.82) is 0 Å². The molecule has 0 fully saturated rings. The highest BCUT2D eigenvalue weighted by Crippen LogP contribution is 2.29. The lowest BCUT2D eigenvalue weighted by molar-refractivity contribution is 0.101. The van der Waals surface area contributed by atoms with Gasteiger partial charge >= 0.3 is 0 Å². The summed E-state index contributed by atoms with van der Waals surface area (Å²) in [6, 6.07) is 20.7. The number of aryl methyl sites for hydroxylation is 2. The second-order valence-corrected chi connectivity index (χ2v) is 6.05. The second kappa shape index (κ2) is 7.92. The van der Waals surface area contributed by atoms with Crippen molar-refractivity contribution in [1.82, 2.24) is 0 Å². The fourth-order valence-electron chi connectivity index (χ4n) is 2.86. The van der Waals surface area contributed by atoms with Gasteiger partial charge in [0.1, 0.15) is 23.0 Å². The van der Waals surface area contributed by atoms with Gasteiger partial charge in [-0.1, -0.05) is 18.2 Å². The minimum Gasteiger partial charge on any atom is -0.457 e. The Morgan fingerprint density at radius 1 is 0.769 bits per heavy atom. The number of rotatable bonds is 6. The summed E-state index contributed by atoms with van der Waals surface area (Å²) < 4.78 is 11.7. The van der Waals surface area contributed by atoms with Gasteiger partial charge in [-0.2, -0.15) is 0 Å². The third-order valence-corrected chi connectivity index (χ3v) is 4.01. The van der Waals surface area contributed by atoms with Gasteiger partial charge in [0, 0.05) is 5.56 Å². The van der Waals surface area contributed by atoms with E-state index in [0.29, 0.717) is 17.1 Å². The van der Waals surface area contributed by atoms with E-state index >= 15 is 0 Å². The molecular weight excluding hydrogens is 323 g/mol. The predicted molar refractivity (Wildman–Crippen MR) is 104 cm³/mol. The summed E-state index contributed by atoms with van der Waals surface area (Å²) in [6.07, 6.45) is 0.00472. The molecule has 0 unspecified atom stereocenters. The Bertz CT molecular complexity index is 879. The first-order valence-electron chi connectivity index (χ1n) is 8.42. The quantitative estimate of drug-likeness (QED) is 0.428. The molecule has 0 heterocycles. The first-order valence-corrected chi connectivity index (χ1v) is 8.42. The minimum atomic E-state index is -0.0611. The van der Waals surface area contributed by atoms with Gasteiger partial charge in [0.25, 0.3) is 0 Å². The SMILES string of the molecule is [B]CC(=O)c1c(C)cc(Oc2ccc(Oc3ccccc3)cc2)cc1C. The number of ketones is 1. The van der Waals surface area contributed by atoms with E-state index in [0.717, 1.165) is 22.6 Å². The van der Waals surface area contributed by atoms with Crippen molar-refractivity contribution in [3.63, 3.8) is 0 Å². The van der Waals surface area contributed by atoms with Gasteiger partial charge < -0.3 is 9.47 Å². The summed E-state index contributed by atoms with van der Waals surface area (Å²) in [6.45, 7) is 3.78. The highest BCUT2D eigenvalue weighted by molar-refractivity contribution is 6.24. The van der Waals surface area contributed by atoms with Crippen molar-refractivity contribution >= 4 is 13.6 Å². The Kier molecular flexibility index (Phi) is 5.42. The first kappa shape index (κ1) is 17.8. The minimum absolute atomic E-state index is 0.00472. The topological polar surface area (TPSA) is 35.5 Å². The number of hydrogen-bond acceptors (Lipinski definition) is 3. The molecule has 0 aliphatic heterocycles. The first-order chi connectivity index (χ1) is 12.6. The maximum Gasteiger partial charge on any atom is 0.154 e. The zero-order chi connectivity index (χ0) is 18.5. The van der Waals surface area contributed by atoms with Gasteiger partial charge in [-0.25, -0.2) is 0 Å². The number of Topliss-reactive ketones (excluding diaryl/α,β-unsaturated/α-hetero) is 1. The molecule has 0 aliphatic carbocycles. The summed E-state index contributed by atoms with van der Waals surface area (Å²) in [5.74, 6) is 2.84. The van der Waals surface area contributed by atoms with Gasteiger partial charge in [-0.15, -0.1) is 0 Å². The van der Waals surface area contributed by atoms with E-state index in [2.05, 4.69) is 0 Å². The monoisotopic (exact) mass is 342 g/mol. The fourth-order valence-corrected chi connectivity index (χ4v) is 2.86. The van der Waals surface area contributed by atoms with Crippen LogP contribution < -0.4 is 9.47 Å². The molecular formula is C22H19BO3. The summed E-state index contributed by atoms with van der Waals surface area (Å²) in [5, 5.41) is 0. The molecule has 0 amide bonds. The lowest BCUT2D eigenvalue weighted by Crippen LogP contribution is -2.04. The standard InChI is InChI=1S/C22H19BO3/c1-15-12-20(13-16(2)22(15)21(24)14-23)26-19-10-8-18(9-11-19)25-17-6-4-3-5-7-17/h3-13H,14H2,1-2H3. The van der Waals surface area contributed by atoms with Crippen molar-refractivity contribution in [3.8, 4) is 23.0 Å². The van der Waals surface area contributed by atoms with E-state index in [1.165, 1.54) is 0 Å². The van der Waals surface area contributed by atoms with Crippen molar-refractivity contribution in [2.45, 2.75) is 20.2 Å². The number of carbonyl (C=O) groups is 1. The molecule has 0 saturated carbocycles. The van der Waals surface area contributed by atoms with Crippen molar-refractivity contribution in [2.75, 3.05) is 0 Å². The van der Waals surface area contributed by atoms with E-state index < -0.39 is 0 Å². The smallest absolute Gasteiger partial charge is 0.154 e. The van der Waals surface area contributed by atoms with Crippen molar-refractivity contribution in [2.24, 2.45) is 0 Å². The van der Waals surface area contributed by atoms with Gasteiger partial charge in [0.05, 0.1) is 7.85 Å².